The van der Waals surface area contributed by atoms with E-state index in [1.807, 2.05) is 71.6 Å². The lowest BCUT2D eigenvalue weighted by Crippen LogP contribution is -1.93. The fraction of sp³-hybridized carbons (Fsp3) is 0.0385. The van der Waals surface area contributed by atoms with Gasteiger partial charge in [0, 0.05) is 17.3 Å². The highest BCUT2D eigenvalue weighted by Gasteiger charge is 2.14. The molecule has 5 rings (SSSR count). The minimum absolute atomic E-state index is 0.456. The summed E-state index contributed by atoms with van der Waals surface area (Å²) in [5.41, 5.74) is 6.99. The molecule has 0 amide bonds. The van der Waals surface area contributed by atoms with E-state index < -0.39 is 0 Å². The molecule has 0 aliphatic heterocycles. The number of imidazole rings is 1. The van der Waals surface area contributed by atoms with Crippen LogP contribution >= 0.6 is 0 Å². The number of para-hydroxylation sites is 3. The highest BCUT2D eigenvalue weighted by Crippen LogP contribution is 2.28. The third-order valence-electron chi connectivity index (χ3n) is 5.15. The fourth-order valence-electron chi connectivity index (χ4n) is 3.53. The standard InChI is InChI=1S/C26H19N5/c1-18-11-13-19(14-12-18)25-21(17-31(30-25)22-7-3-2-4-8-22)15-20(16-27)26-28-23-9-5-6-10-24(23)29-26/h2-15,17H,1H3,(H,28,29)/b20-15+. The number of aromatic nitrogens is 4. The lowest BCUT2D eigenvalue weighted by Gasteiger charge is -2.01. The normalized spacial score (nSPS) is 11.5. The maximum atomic E-state index is 9.88. The van der Waals surface area contributed by atoms with Crippen molar-refractivity contribution >= 4 is 22.7 Å². The highest BCUT2D eigenvalue weighted by atomic mass is 15.3. The minimum atomic E-state index is 0.456. The van der Waals surface area contributed by atoms with Crippen molar-refractivity contribution in [2.45, 2.75) is 6.92 Å². The van der Waals surface area contributed by atoms with Crippen molar-refractivity contribution in [3.63, 3.8) is 0 Å². The predicted molar refractivity (Wildman–Crippen MR) is 123 cm³/mol. The molecule has 0 radical (unpaired) electrons. The smallest absolute Gasteiger partial charge is 0.149 e. The summed E-state index contributed by atoms with van der Waals surface area (Å²) in [7, 11) is 0. The van der Waals surface area contributed by atoms with E-state index in [2.05, 4.69) is 47.2 Å². The Kier molecular flexibility index (Phi) is 4.66. The molecule has 5 heteroatoms. The molecule has 0 atom stereocenters. The lowest BCUT2D eigenvalue weighted by molar-refractivity contribution is 0.884. The Balaban J connectivity index is 1.66. The Morgan fingerprint density at radius 1 is 0.968 bits per heavy atom. The van der Waals surface area contributed by atoms with Gasteiger partial charge in [0.1, 0.15) is 11.9 Å². The van der Waals surface area contributed by atoms with Gasteiger partial charge in [-0.3, -0.25) is 0 Å². The van der Waals surface area contributed by atoms with E-state index in [1.54, 1.807) is 0 Å². The first-order valence-electron chi connectivity index (χ1n) is 10.0. The largest absolute Gasteiger partial charge is 0.337 e. The average molecular weight is 401 g/mol. The van der Waals surface area contributed by atoms with E-state index in [4.69, 9.17) is 5.10 Å². The number of aryl methyl sites for hydroxylation is 1. The third-order valence-corrected chi connectivity index (χ3v) is 5.15. The number of benzene rings is 3. The molecule has 1 N–H and O–H groups in total. The van der Waals surface area contributed by atoms with Crippen LogP contribution in [-0.2, 0) is 0 Å². The van der Waals surface area contributed by atoms with Gasteiger partial charge in [0.25, 0.3) is 0 Å². The number of fused-ring (bicyclic) bond motifs is 1. The summed E-state index contributed by atoms with van der Waals surface area (Å²) in [5, 5.41) is 14.7. The molecular formula is C26H19N5. The number of allylic oxidation sites excluding steroid dienone is 1. The van der Waals surface area contributed by atoms with Crippen LogP contribution in [0.5, 0.6) is 0 Å². The molecule has 148 valence electrons. The van der Waals surface area contributed by atoms with Crippen LogP contribution in [0.4, 0.5) is 0 Å². The van der Waals surface area contributed by atoms with Gasteiger partial charge in [-0.25, -0.2) is 9.67 Å². The van der Waals surface area contributed by atoms with Gasteiger partial charge >= 0.3 is 0 Å². The average Bonchev–Trinajstić information content (AvgIpc) is 3.43. The maximum Gasteiger partial charge on any atom is 0.149 e. The second-order valence-corrected chi connectivity index (χ2v) is 7.35. The maximum absolute atomic E-state index is 9.88. The van der Waals surface area contributed by atoms with E-state index in [-0.39, 0.29) is 0 Å². The fourth-order valence-corrected chi connectivity index (χ4v) is 3.53. The molecule has 31 heavy (non-hydrogen) atoms. The van der Waals surface area contributed by atoms with Crippen molar-refractivity contribution in [1.29, 1.82) is 5.26 Å². The van der Waals surface area contributed by atoms with Gasteiger partial charge in [-0.2, -0.15) is 10.4 Å². The second kappa shape index (κ2) is 7.77. The van der Waals surface area contributed by atoms with Crippen molar-refractivity contribution in [3.8, 4) is 23.0 Å². The molecule has 0 bridgehead atoms. The first-order chi connectivity index (χ1) is 15.2. The quantitative estimate of drug-likeness (QED) is 0.388. The summed E-state index contributed by atoms with van der Waals surface area (Å²) in [5.74, 6) is 0.547. The Morgan fingerprint density at radius 3 is 2.45 bits per heavy atom. The van der Waals surface area contributed by atoms with Crippen molar-refractivity contribution in [2.75, 3.05) is 0 Å². The Labute approximate surface area is 179 Å². The van der Waals surface area contributed by atoms with Gasteiger partial charge < -0.3 is 4.98 Å². The number of hydrogen-bond donors (Lipinski definition) is 1. The monoisotopic (exact) mass is 401 g/mol. The molecule has 2 heterocycles. The Bertz CT molecular complexity index is 1400. The molecule has 5 nitrogen and oxygen atoms in total. The van der Waals surface area contributed by atoms with Crippen LogP contribution in [-0.4, -0.2) is 19.7 Å². The summed E-state index contributed by atoms with van der Waals surface area (Å²) < 4.78 is 1.84. The van der Waals surface area contributed by atoms with Crippen LogP contribution in [0.3, 0.4) is 0 Å². The topological polar surface area (TPSA) is 70.3 Å². The molecule has 0 saturated carbocycles. The van der Waals surface area contributed by atoms with Gasteiger partial charge in [-0.05, 0) is 37.3 Å². The summed E-state index contributed by atoms with van der Waals surface area (Å²) in [6.07, 6.45) is 3.80. The van der Waals surface area contributed by atoms with Gasteiger partial charge in [-0.1, -0.05) is 60.2 Å². The van der Waals surface area contributed by atoms with Crippen molar-refractivity contribution < 1.29 is 0 Å². The third kappa shape index (κ3) is 3.63. The molecule has 0 spiro atoms. The first kappa shape index (κ1) is 18.6. The number of hydrogen-bond acceptors (Lipinski definition) is 3. The molecule has 0 saturated heterocycles. The van der Waals surface area contributed by atoms with Crippen molar-refractivity contribution in [3.05, 3.63) is 102 Å². The number of aromatic amines is 1. The second-order valence-electron chi connectivity index (χ2n) is 7.35. The number of H-pyrrole nitrogens is 1. The van der Waals surface area contributed by atoms with Gasteiger partial charge in [-0.15, -0.1) is 0 Å². The predicted octanol–water partition coefficient (Wildman–Crippen LogP) is 5.79. The number of rotatable bonds is 4. The lowest BCUT2D eigenvalue weighted by atomic mass is 10.0. The molecule has 0 aliphatic carbocycles. The summed E-state index contributed by atoms with van der Waals surface area (Å²) in [6, 6.07) is 28.2. The zero-order valence-electron chi connectivity index (χ0n) is 16.9. The number of nitrogens with one attached hydrogen (secondary N) is 1. The van der Waals surface area contributed by atoms with Gasteiger partial charge in [0.2, 0.25) is 0 Å². The van der Waals surface area contributed by atoms with Gasteiger partial charge in [0.15, 0.2) is 0 Å². The van der Waals surface area contributed by atoms with Crippen LogP contribution < -0.4 is 0 Å². The van der Waals surface area contributed by atoms with Crippen LogP contribution in [0.1, 0.15) is 17.0 Å². The summed E-state index contributed by atoms with van der Waals surface area (Å²) >= 11 is 0. The van der Waals surface area contributed by atoms with Gasteiger partial charge in [0.05, 0.1) is 28.0 Å². The highest BCUT2D eigenvalue weighted by molar-refractivity contribution is 5.92. The summed E-state index contributed by atoms with van der Waals surface area (Å²) in [4.78, 5) is 7.83. The number of nitriles is 1. The SMILES string of the molecule is Cc1ccc(-c2nn(-c3ccccc3)cc2/C=C(\C#N)c2nc3ccccc3[nH]2)cc1. The first-order valence-corrected chi connectivity index (χ1v) is 10.0. The van der Waals surface area contributed by atoms with Crippen molar-refractivity contribution in [1.82, 2.24) is 19.7 Å². The van der Waals surface area contributed by atoms with E-state index >= 15 is 0 Å². The molecule has 2 aromatic heterocycles. The van der Waals surface area contributed by atoms with E-state index in [1.165, 1.54) is 5.56 Å². The van der Waals surface area contributed by atoms with Crippen LogP contribution in [0.2, 0.25) is 0 Å². The molecule has 0 unspecified atom stereocenters. The Hall–Kier alpha value is -4.43. The van der Waals surface area contributed by atoms with Crippen LogP contribution in [0.15, 0.2) is 85.1 Å². The van der Waals surface area contributed by atoms with E-state index in [0.29, 0.717) is 11.4 Å². The van der Waals surface area contributed by atoms with Crippen molar-refractivity contribution in [2.24, 2.45) is 0 Å². The zero-order valence-corrected chi connectivity index (χ0v) is 16.9. The molecular weight excluding hydrogens is 382 g/mol. The molecule has 5 aromatic rings. The van der Waals surface area contributed by atoms with Crippen LogP contribution in [0, 0.1) is 18.3 Å². The summed E-state index contributed by atoms with van der Waals surface area (Å²) in [6.45, 7) is 2.06. The van der Waals surface area contributed by atoms with E-state index in [9.17, 15) is 5.26 Å². The zero-order chi connectivity index (χ0) is 21.2. The minimum Gasteiger partial charge on any atom is -0.337 e. The number of nitrogens with zero attached hydrogens (tertiary/aromatic N) is 4. The van der Waals surface area contributed by atoms with Crippen LogP contribution in [0.25, 0.3) is 39.6 Å². The van der Waals surface area contributed by atoms with E-state index in [0.717, 1.165) is 33.5 Å². The molecule has 3 aromatic carbocycles. The Morgan fingerprint density at radius 2 is 1.71 bits per heavy atom. The molecule has 0 aliphatic rings. The molecule has 0 fully saturated rings.